The van der Waals surface area contributed by atoms with Crippen LogP contribution in [0, 0.1) is 0 Å². The minimum absolute atomic E-state index is 0.374. The largest absolute Gasteiger partial charge is 0.378 e. The van der Waals surface area contributed by atoms with Gasteiger partial charge in [0, 0.05) is 30.4 Å². The second-order valence-corrected chi connectivity index (χ2v) is 4.53. The highest BCUT2D eigenvalue weighted by atomic mass is 16.5. The van der Waals surface area contributed by atoms with Gasteiger partial charge >= 0.3 is 0 Å². The molecule has 1 saturated heterocycles. The fourth-order valence-corrected chi connectivity index (χ4v) is 2.21. The Labute approximate surface area is 111 Å². The average Bonchev–Trinajstić information content (AvgIpc) is 2.97. The minimum atomic E-state index is 0.374. The molecule has 2 aromatic rings. The van der Waals surface area contributed by atoms with Crippen LogP contribution in [0.15, 0.2) is 34.9 Å². The maximum absolute atomic E-state index is 5.51. The Kier molecular flexibility index (Phi) is 3.48. The van der Waals surface area contributed by atoms with Gasteiger partial charge < -0.3 is 19.9 Å². The zero-order chi connectivity index (χ0) is 13.1. The Hall–Kier alpha value is -1.85. The molecule has 1 fully saturated rings. The number of anilines is 1. The number of rotatable bonds is 3. The van der Waals surface area contributed by atoms with Crippen LogP contribution in [0.1, 0.15) is 5.76 Å². The molecule has 1 aliphatic heterocycles. The summed E-state index contributed by atoms with van der Waals surface area (Å²) in [6.45, 7) is 3.86. The summed E-state index contributed by atoms with van der Waals surface area (Å²) in [6, 6.07) is 10.2. The zero-order valence-electron chi connectivity index (χ0n) is 10.7. The summed E-state index contributed by atoms with van der Waals surface area (Å²) in [4.78, 5) is 2.32. The lowest BCUT2D eigenvalue weighted by Gasteiger charge is -2.28. The molecule has 5 nitrogen and oxygen atoms in total. The molecule has 0 atom stereocenters. The quantitative estimate of drug-likeness (QED) is 0.907. The number of nitrogens with zero attached hydrogens (tertiary/aromatic N) is 2. The van der Waals surface area contributed by atoms with Gasteiger partial charge in [0.15, 0.2) is 5.76 Å². The minimum Gasteiger partial charge on any atom is -0.378 e. The fourth-order valence-electron chi connectivity index (χ4n) is 2.21. The molecule has 0 spiro atoms. The van der Waals surface area contributed by atoms with Gasteiger partial charge in [0.1, 0.15) is 5.69 Å². The normalized spacial score (nSPS) is 15.7. The zero-order valence-corrected chi connectivity index (χ0v) is 10.7. The molecule has 2 N–H and O–H groups in total. The number of benzene rings is 1. The van der Waals surface area contributed by atoms with Crippen LogP contribution >= 0.6 is 0 Å². The van der Waals surface area contributed by atoms with Crippen LogP contribution in [-0.2, 0) is 11.3 Å². The smallest absolute Gasteiger partial charge is 0.150 e. The molecular weight excluding hydrogens is 242 g/mol. The van der Waals surface area contributed by atoms with Crippen molar-refractivity contribution in [2.24, 2.45) is 5.73 Å². The van der Waals surface area contributed by atoms with Gasteiger partial charge in [-0.3, -0.25) is 0 Å². The van der Waals surface area contributed by atoms with Gasteiger partial charge in [0.25, 0.3) is 0 Å². The van der Waals surface area contributed by atoms with Crippen LogP contribution < -0.4 is 10.6 Å². The van der Waals surface area contributed by atoms with Crippen molar-refractivity contribution in [3.05, 3.63) is 36.1 Å². The van der Waals surface area contributed by atoms with E-state index in [0.717, 1.165) is 37.6 Å². The van der Waals surface area contributed by atoms with Crippen molar-refractivity contribution in [1.82, 2.24) is 5.16 Å². The standard InChI is InChI=1S/C14H17N3O2/c15-10-13-9-14(16-19-13)11-1-3-12(4-2-11)17-5-7-18-8-6-17/h1-4,9H,5-8,10,15H2. The van der Waals surface area contributed by atoms with E-state index in [-0.39, 0.29) is 0 Å². The van der Waals surface area contributed by atoms with E-state index in [4.69, 9.17) is 15.0 Å². The highest BCUT2D eigenvalue weighted by Crippen LogP contribution is 2.23. The number of ether oxygens (including phenoxy) is 1. The molecule has 19 heavy (non-hydrogen) atoms. The van der Waals surface area contributed by atoms with Crippen molar-refractivity contribution in [2.45, 2.75) is 6.54 Å². The van der Waals surface area contributed by atoms with Gasteiger partial charge in [-0.1, -0.05) is 17.3 Å². The third kappa shape index (κ3) is 2.62. The molecule has 1 aromatic heterocycles. The summed E-state index contributed by atoms with van der Waals surface area (Å²) >= 11 is 0. The number of hydrogen-bond acceptors (Lipinski definition) is 5. The summed E-state index contributed by atoms with van der Waals surface area (Å²) in [5.41, 5.74) is 8.60. The second kappa shape index (κ2) is 5.42. The molecule has 0 bridgehead atoms. The average molecular weight is 259 g/mol. The van der Waals surface area contributed by atoms with Crippen molar-refractivity contribution >= 4 is 5.69 Å². The Morgan fingerprint density at radius 1 is 1.16 bits per heavy atom. The number of morpholine rings is 1. The second-order valence-electron chi connectivity index (χ2n) is 4.53. The van der Waals surface area contributed by atoms with Crippen molar-refractivity contribution in [2.75, 3.05) is 31.2 Å². The Morgan fingerprint density at radius 3 is 2.53 bits per heavy atom. The van der Waals surface area contributed by atoms with Crippen molar-refractivity contribution in [3.63, 3.8) is 0 Å². The lowest BCUT2D eigenvalue weighted by molar-refractivity contribution is 0.122. The third-order valence-electron chi connectivity index (χ3n) is 3.30. The van der Waals surface area contributed by atoms with Crippen LogP contribution in [0.2, 0.25) is 0 Å². The van der Waals surface area contributed by atoms with Crippen LogP contribution in [0.5, 0.6) is 0 Å². The Morgan fingerprint density at radius 2 is 1.89 bits per heavy atom. The first kappa shape index (κ1) is 12.2. The number of hydrogen-bond donors (Lipinski definition) is 1. The maximum Gasteiger partial charge on any atom is 0.150 e. The van der Waals surface area contributed by atoms with Crippen LogP contribution in [-0.4, -0.2) is 31.5 Å². The first-order valence-electron chi connectivity index (χ1n) is 6.45. The van der Waals surface area contributed by atoms with Crippen LogP contribution in [0.3, 0.4) is 0 Å². The molecule has 1 aliphatic rings. The molecule has 0 unspecified atom stereocenters. The molecule has 0 amide bonds. The summed E-state index contributed by atoms with van der Waals surface area (Å²) in [5.74, 6) is 0.701. The van der Waals surface area contributed by atoms with Gasteiger partial charge in [-0.05, 0) is 12.1 Å². The van der Waals surface area contributed by atoms with Gasteiger partial charge in [0.05, 0.1) is 19.8 Å². The highest BCUT2D eigenvalue weighted by molar-refractivity contribution is 5.63. The topological polar surface area (TPSA) is 64.5 Å². The number of nitrogens with two attached hydrogens (primary N) is 1. The SMILES string of the molecule is NCc1cc(-c2ccc(N3CCOCC3)cc2)no1. The lowest BCUT2D eigenvalue weighted by Crippen LogP contribution is -2.36. The van der Waals surface area contributed by atoms with Crippen molar-refractivity contribution in [1.29, 1.82) is 0 Å². The third-order valence-corrected chi connectivity index (χ3v) is 3.30. The maximum atomic E-state index is 5.51. The molecule has 5 heteroatoms. The number of aromatic nitrogens is 1. The van der Waals surface area contributed by atoms with E-state index in [1.165, 1.54) is 5.69 Å². The Bertz CT molecular complexity index is 530. The first-order chi connectivity index (χ1) is 9.36. The summed E-state index contributed by atoms with van der Waals surface area (Å²) in [7, 11) is 0. The van der Waals surface area contributed by atoms with Crippen molar-refractivity contribution < 1.29 is 9.26 Å². The molecule has 0 aliphatic carbocycles. The van der Waals surface area contributed by atoms with E-state index in [1.54, 1.807) is 0 Å². The summed E-state index contributed by atoms with van der Waals surface area (Å²) in [6.07, 6.45) is 0. The van der Waals surface area contributed by atoms with Gasteiger partial charge in [0.2, 0.25) is 0 Å². The molecule has 100 valence electrons. The van der Waals surface area contributed by atoms with Gasteiger partial charge in [-0.25, -0.2) is 0 Å². The van der Waals surface area contributed by atoms with Crippen LogP contribution in [0.25, 0.3) is 11.3 Å². The molecule has 0 saturated carbocycles. The van der Waals surface area contributed by atoms with Crippen molar-refractivity contribution in [3.8, 4) is 11.3 Å². The molecule has 3 rings (SSSR count). The molecule has 2 heterocycles. The van der Waals surface area contributed by atoms with E-state index < -0.39 is 0 Å². The van der Waals surface area contributed by atoms with E-state index in [0.29, 0.717) is 12.3 Å². The molecule has 0 radical (unpaired) electrons. The monoisotopic (exact) mass is 259 g/mol. The van der Waals surface area contributed by atoms with E-state index >= 15 is 0 Å². The first-order valence-corrected chi connectivity index (χ1v) is 6.45. The van der Waals surface area contributed by atoms with E-state index in [1.807, 2.05) is 6.07 Å². The predicted molar refractivity (Wildman–Crippen MR) is 72.9 cm³/mol. The summed E-state index contributed by atoms with van der Waals surface area (Å²) in [5, 5.41) is 4.01. The highest BCUT2D eigenvalue weighted by Gasteiger charge is 2.11. The fraction of sp³-hybridized carbons (Fsp3) is 0.357. The predicted octanol–water partition coefficient (Wildman–Crippen LogP) is 1.64. The van der Waals surface area contributed by atoms with E-state index in [9.17, 15) is 0 Å². The van der Waals surface area contributed by atoms with E-state index in [2.05, 4.69) is 34.3 Å². The lowest BCUT2D eigenvalue weighted by atomic mass is 10.1. The van der Waals surface area contributed by atoms with Gasteiger partial charge in [-0.2, -0.15) is 0 Å². The summed E-state index contributed by atoms with van der Waals surface area (Å²) < 4.78 is 10.5. The van der Waals surface area contributed by atoms with Crippen LogP contribution in [0.4, 0.5) is 5.69 Å². The molecular formula is C14H17N3O2. The Balaban J connectivity index is 1.78. The molecule has 1 aromatic carbocycles. The van der Waals surface area contributed by atoms with Gasteiger partial charge in [-0.15, -0.1) is 0 Å².